The summed E-state index contributed by atoms with van der Waals surface area (Å²) >= 11 is 0. The van der Waals surface area contributed by atoms with Gasteiger partial charge in [0.25, 0.3) is 0 Å². The minimum Gasteiger partial charge on any atom is -0.481 e. The van der Waals surface area contributed by atoms with Crippen LogP contribution < -0.4 is 0 Å². The SMILES string of the molecule is O=C(O)C1CCCN(C(=O)CN2CCCCCC2=O)C1. The lowest BCUT2D eigenvalue weighted by Crippen LogP contribution is -2.47. The van der Waals surface area contributed by atoms with E-state index in [4.69, 9.17) is 5.11 Å². The van der Waals surface area contributed by atoms with Gasteiger partial charge in [-0.15, -0.1) is 0 Å². The fourth-order valence-electron chi connectivity index (χ4n) is 2.87. The molecule has 0 saturated carbocycles. The summed E-state index contributed by atoms with van der Waals surface area (Å²) < 4.78 is 0. The zero-order valence-electron chi connectivity index (χ0n) is 11.7. The van der Waals surface area contributed by atoms with Gasteiger partial charge in [-0.2, -0.15) is 0 Å². The quantitative estimate of drug-likeness (QED) is 0.827. The minimum atomic E-state index is -0.839. The van der Waals surface area contributed by atoms with Crippen molar-refractivity contribution in [2.75, 3.05) is 26.2 Å². The highest BCUT2D eigenvalue weighted by atomic mass is 16.4. The summed E-state index contributed by atoms with van der Waals surface area (Å²) in [6.07, 6.45) is 4.73. The fourth-order valence-corrected chi connectivity index (χ4v) is 2.87. The summed E-state index contributed by atoms with van der Waals surface area (Å²) in [6.45, 7) is 1.62. The Morgan fingerprint density at radius 3 is 2.70 bits per heavy atom. The Bertz CT molecular complexity index is 397. The third-order valence-electron chi connectivity index (χ3n) is 4.12. The molecule has 1 atom stereocenters. The van der Waals surface area contributed by atoms with E-state index in [1.54, 1.807) is 9.80 Å². The molecule has 1 N–H and O–H groups in total. The van der Waals surface area contributed by atoms with Gasteiger partial charge in [-0.25, -0.2) is 0 Å². The molecule has 2 aliphatic heterocycles. The number of carbonyl (C=O) groups excluding carboxylic acids is 2. The van der Waals surface area contributed by atoms with Crippen molar-refractivity contribution in [1.29, 1.82) is 0 Å². The van der Waals surface area contributed by atoms with Gasteiger partial charge in [-0.05, 0) is 25.7 Å². The Balaban J connectivity index is 1.90. The highest BCUT2D eigenvalue weighted by Crippen LogP contribution is 2.17. The van der Waals surface area contributed by atoms with Gasteiger partial charge < -0.3 is 14.9 Å². The molecular formula is C14H22N2O4. The van der Waals surface area contributed by atoms with Crippen LogP contribution in [0, 0.1) is 5.92 Å². The van der Waals surface area contributed by atoms with E-state index in [0.717, 1.165) is 25.7 Å². The van der Waals surface area contributed by atoms with Gasteiger partial charge in [0.1, 0.15) is 0 Å². The Morgan fingerprint density at radius 2 is 1.95 bits per heavy atom. The minimum absolute atomic E-state index is 0.0441. The van der Waals surface area contributed by atoms with Crippen LogP contribution in [0.2, 0.25) is 0 Å². The number of hydrogen-bond donors (Lipinski definition) is 1. The maximum Gasteiger partial charge on any atom is 0.308 e. The molecule has 1 unspecified atom stereocenters. The number of nitrogens with zero attached hydrogens (tertiary/aromatic N) is 2. The molecule has 2 fully saturated rings. The Hall–Kier alpha value is -1.59. The summed E-state index contributed by atoms with van der Waals surface area (Å²) in [5, 5.41) is 9.04. The van der Waals surface area contributed by atoms with Crippen molar-refractivity contribution in [2.24, 2.45) is 5.92 Å². The van der Waals surface area contributed by atoms with E-state index >= 15 is 0 Å². The summed E-state index contributed by atoms with van der Waals surface area (Å²) in [7, 11) is 0. The molecule has 0 radical (unpaired) electrons. The van der Waals surface area contributed by atoms with Crippen molar-refractivity contribution in [2.45, 2.75) is 38.5 Å². The lowest BCUT2D eigenvalue weighted by atomic mass is 9.98. The smallest absolute Gasteiger partial charge is 0.308 e. The Morgan fingerprint density at radius 1 is 1.15 bits per heavy atom. The van der Waals surface area contributed by atoms with Crippen molar-refractivity contribution in [1.82, 2.24) is 9.80 Å². The van der Waals surface area contributed by atoms with Crippen molar-refractivity contribution in [3.8, 4) is 0 Å². The molecule has 0 bridgehead atoms. The molecule has 20 heavy (non-hydrogen) atoms. The molecule has 6 nitrogen and oxygen atoms in total. The number of amides is 2. The van der Waals surface area contributed by atoms with E-state index in [0.29, 0.717) is 25.9 Å². The number of carbonyl (C=O) groups is 3. The van der Waals surface area contributed by atoms with E-state index in [-0.39, 0.29) is 24.9 Å². The molecule has 2 aliphatic rings. The predicted octanol–water partition coefficient (Wildman–Crippen LogP) is 0.712. The highest BCUT2D eigenvalue weighted by molar-refractivity contribution is 5.85. The maximum atomic E-state index is 12.2. The van der Waals surface area contributed by atoms with Crippen LogP contribution >= 0.6 is 0 Å². The Labute approximate surface area is 118 Å². The molecule has 0 aliphatic carbocycles. The van der Waals surface area contributed by atoms with Gasteiger partial charge in [-0.1, -0.05) is 6.42 Å². The van der Waals surface area contributed by atoms with Gasteiger partial charge in [0.2, 0.25) is 11.8 Å². The third kappa shape index (κ3) is 3.71. The number of piperidine rings is 1. The summed E-state index contributed by atoms with van der Waals surface area (Å²) in [4.78, 5) is 38.3. The fraction of sp³-hybridized carbons (Fsp3) is 0.786. The molecular weight excluding hydrogens is 260 g/mol. The second-order valence-electron chi connectivity index (χ2n) is 5.64. The Kier molecular flexibility index (Phi) is 4.98. The second-order valence-corrected chi connectivity index (χ2v) is 5.64. The molecule has 0 aromatic heterocycles. The predicted molar refractivity (Wildman–Crippen MR) is 72.0 cm³/mol. The lowest BCUT2D eigenvalue weighted by molar-refractivity contribution is -0.147. The molecule has 6 heteroatoms. The first-order valence-electron chi connectivity index (χ1n) is 7.36. The number of carboxylic acids is 1. The van der Waals surface area contributed by atoms with E-state index in [1.165, 1.54) is 0 Å². The number of likely N-dealkylation sites (tertiary alicyclic amines) is 2. The zero-order valence-corrected chi connectivity index (χ0v) is 11.7. The molecule has 0 aromatic rings. The number of hydrogen-bond acceptors (Lipinski definition) is 3. The number of rotatable bonds is 3. The van der Waals surface area contributed by atoms with Crippen LogP contribution in [0.4, 0.5) is 0 Å². The molecule has 0 aromatic carbocycles. The number of aliphatic carboxylic acids is 1. The molecule has 2 amide bonds. The average Bonchev–Trinajstić information content (AvgIpc) is 2.64. The van der Waals surface area contributed by atoms with Crippen molar-refractivity contribution >= 4 is 17.8 Å². The summed E-state index contributed by atoms with van der Waals surface area (Å²) in [5.41, 5.74) is 0. The van der Waals surface area contributed by atoms with Crippen LogP contribution in [0.5, 0.6) is 0 Å². The van der Waals surface area contributed by atoms with E-state index in [9.17, 15) is 14.4 Å². The highest BCUT2D eigenvalue weighted by Gasteiger charge is 2.29. The summed E-state index contributed by atoms with van der Waals surface area (Å²) in [6, 6.07) is 0. The van der Waals surface area contributed by atoms with Crippen LogP contribution in [0.15, 0.2) is 0 Å². The van der Waals surface area contributed by atoms with Gasteiger partial charge in [-0.3, -0.25) is 14.4 Å². The number of carboxylic acid groups (broad SMARTS) is 1. The third-order valence-corrected chi connectivity index (χ3v) is 4.12. The van der Waals surface area contributed by atoms with Crippen molar-refractivity contribution < 1.29 is 19.5 Å². The maximum absolute atomic E-state index is 12.2. The van der Waals surface area contributed by atoms with Gasteiger partial charge >= 0.3 is 5.97 Å². The van der Waals surface area contributed by atoms with Crippen LogP contribution in [0.25, 0.3) is 0 Å². The van der Waals surface area contributed by atoms with Crippen LogP contribution in [0.3, 0.4) is 0 Å². The van der Waals surface area contributed by atoms with Crippen LogP contribution in [-0.2, 0) is 14.4 Å². The zero-order chi connectivity index (χ0) is 14.5. The van der Waals surface area contributed by atoms with Crippen molar-refractivity contribution in [3.05, 3.63) is 0 Å². The topological polar surface area (TPSA) is 77.9 Å². The monoisotopic (exact) mass is 282 g/mol. The van der Waals surface area contributed by atoms with Crippen LogP contribution in [-0.4, -0.2) is 58.9 Å². The van der Waals surface area contributed by atoms with Crippen LogP contribution in [0.1, 0.15) is 38.5 Å². The van der Waals surface area contributed by atoms with E-state index in [2.05, 4.69) is 0 Å². The molecule has 0 spiro atoms. The molecule has 112 valence electrons. The normalized spacial score (nSPS) is 24.4. The summed E-state index contributed by atoms with van der Waals surface area (Å²) in [5.74, 6) is -1.38. The first-order valence-corrected chi connectivity index (χ1v) is 7.36. The largest absolute Gasteiger partial charge is 0.481 e. The van der Waals surface area contributed by atoms with Gasteiger partial charge in [0, 0.05) is 26.1 Å². The van der Waals surface area contributed by atoms with Gasteiger partial charge in [0.05, 0.1) is 12.5 Å². The first kappa shape index (κ1) is 14.8. The van der Waals surface area contributed by atoms with Gasteiger partial charge in [0.15, 0.2) is 0 Å². The van der Waals surface area contributed by atoms with Crippen molar-refractivity contribution in [3.63, 3.8) is 0 Å². The average molecular weight is 282 g/mol. The molecule has 2 heterocycles. The van der Waals surface area contributed by atoms with E-state index in [1.807, 2.05) is 0 Å². The first-order chi connectivity index (χ1) is 9.58. The second kappa shape index (κ2) is 6.72. The lowest BCUT2D eigenvalue weighted by Gasteiger charge is -2.32. The standard InChI is InChI=1S/C14H22N2O4/c17-12-6-2-1-3-7-16(12)10-13(18)15-8-4-5-11(9-15)14(19)20/h11H,1-10H2,(H,19,20). The van der Waals surface area contributed by atoms with E-state index < -0.39 is 11.9 Å². The molecule has 2 rings (SSSR count). The molecule has 2 saturated heterocycles.